The van der Waals surface area contributed by atoms with Crippen LogP contribution in [0.4, 0.5) is 0 Å². The Labute approximate surface area is 224 Å². The van der Waals surface area contributed by atoms with Gasteiger partial charge in [-0.25, -0.2) is 0 Å². The van der Waals surface area contributed by atoms with Crippen molar-refractivity contribution in [1.82, 2.24) is 15.5 Å². The molecule has 2 unspecified atom stereocenters. The second-order valence-corrected chi connectivity index (χ2v) is 11.0. The van der Waals surface area contributed by atoms with Crippen LogP contribution in [-0.4, -0.2) is 62.4 Å². The standard InChI is InChI=1S/C31H48N4O2/c1-6-27-20-28(22-33-27)34-31(36)30-12-11-29(19-24(30)4)37-18-8-9-25-13-16-35(17-14-25)15-7-10-26(21-32-5)23(2)3/h7,10-12,19,21,23,25,27-28,33H,5-6,8-9,13-18,20,22H2,1-4H3,(H,34,36)/b10-7-,26-21+. The predicted octanol–water partition coefficient (Wildman–Crippen LogP) is 5.53. The second-order valence-electron chi connectivity index (χ2n) is 11.0. The highest BCUT2D eigenvalue weighted by Gasteiger charge is 2.24. The number of carbonyl (C=O) groups excluding carboxylic acids is 1. The van der Waals surface area contributed by atoms with Gasteiger partial charge in [-0.2, -0.15) is 0 Å². The maximum Gasteiger partial charge on any atom is 0.251 e. The summed E-state index contributed by atoms with van der Waals surface area (Å²) in [6.07, 6.45) is 13.2. The van der Waals surface area contributed by atoms with Gasteiger partial charge in [0.2, 0.25) is 0 Å². The van der Waals surface area contributed by atoms with Gasteiger partial charge in [0.15, 0.2) is 0 Å². The summed E-state index contributed by atoms with van der Waals surface area (Å²) in [7, 11) is 0. The minimum Gasteiger partial charge on any atom is -0.494 e. The molecule has 2 atom stereocenters. The number of benzene rings is 1. The molecule has 0 saturated carbocycles. The van der Waals surface area contributed by atoms with Gasteiger partial charge < -0.3 is 15.4 Å². The van der Waals surface area contributed by atoms with E-state index in [4.69, 9.17) is 4.74 Å². The fourth-order valence-electron chi connectivity index (χ4n) is 5.33. The number of nitrogens with zero attached hydrogens (tertiary/aromatic N) is 2. The summed E-state index contributed by atoms with van der Waals surface area (Å²) in [5.74, 6) is 2.11. The van der Waals surface area contributed by atoms with Gasteiger partial charge in [-0.3, -0.25) is 14.7 Å². The molecule has 2 aliphatic heterocycles. The summed E-state index contributed by atoms with van der Waals surface area (Å²) in [6.45, 7) is 17.0. The van der Waals surface area contributed by atoms with Gasteiger partial charge in [0.05, 0.1) is 6.61 Å². The number of amides is 1. The molecule has 0 aliphatic carbocycles. The Bertz CT molecular complexity index is 931. The maximum absolute atomic E-state index is 12.7. The zero-order chi connectivity index (χ0) is 26.6. The number of hydrogen-bond acceptors (Lipinski definition) is 5. The molecular formula is C31H48N4O2. The number of likely N-dealkylation sites (tertiary alicyclic amines) is 1. The van der Waals surface area contributed by atoms with E-state index in [0.717, 1.165) is 74.8 Å². The number of aliphatic imine (C=N–C) groups is 1. The largest absolute Gasteiger partial charge is 0.494 e. The van der Waals surface area contributed by atoms with E-state index in [-0.39, 0.29) is 11.9 Å². The van der Waals surface area contributed by atoms with Gasteiger partial charge in [0.25, 0.3) is 5.91 Å². The summed E-state index contributed by atoms with van der Waals surface area (Å²) >= 11 is 0. The third-order valence-electron chi connectivity index (χ3n) is 7.81. The summed E-state index contributed by atoms with van der Waals surface area (Å²) < 4.78 is 6.03. The van der Waals surface area contributed by atoms with Crippen molar-refractivity contribution in [1.29, 1.82) is 0 Å². The highest BCUT2D eigenvalue weighted by Crippen LogP contribution is 2.23. The van der Waals surface area contributed by atoms with Crippen LogP contribution >= 0.6 is 0 Å². The topological polar surface area (TPSA) is 66.0 Å². The number of aryl methyl sites for hydroxylation is 1. The number of ether oxygens (including phenoxy) is 1. The fourth-order valence-corrected chi connectivity index (χ4v) is 5.33. The zero-order valence-corrected chi connectivity index (χ0v) is 23.5. The molecule has 37 heavy (non-hydrogen) atoms. The summed E-state index contributed by atoms with van der Waals surface area (Å²) in [5.41, 5.74) is 2.93. The van der Waals surface area contributed by atoms with Crippen LogP contribution in [0.15, 0.2) is 47.1 Å². The van der Waals surface area contributed by atoms with Crippen LogP contribution < -0.4 is 15.4 Å². The SMILES string of the molecule is C=N/C=C(\C=C/CN1CCC(CCCOc2ccc(C(=O)NC3CNC(CC)C3)c(C)c2)CC1)C(C)C. The molecule has 2 saturated heterocycles. The lowest BCUT2D eigenvalue weighted by molar-refractivity contribution is 0.0939. The third-order valence-corrected chi connectivity index (χ3v) is 7.81. The molecule has 6 nitrogen and oxygen atoms in total. The number of carbonyl (C=O) groups is 1. The minimum absolute atomic E-state index is 0.0139. The monoisotopic (exact) mass is 508 g/mol. The molecule has 6 heteroatoms. The lowest BCUT2D eigenvalue weighted by Gasteiger charge is -2.31. The quantitative estimate of drug-likeness (QED) is 0.209. The number of allylic oxidation sites excluding steroid dienone is 2. The summed E-state index contributed by atoms with van der Waals surface area (Å²) in [4.78, 5) is 19.2. The molecule has 2 heterocycles. The highest BCUT2D eigenvalue weighted by atomic mass is 16.5. The Balaban J connectivity index is 1.32. The normalized spacial score (nSPS) is 21.6. The van der Waals surface area contributed by atoms with Crippen LogP contribution in [0.3, 0.4) is 0 Å². The maximum atomic E-state index is 12.7. The molecule has 1 aromatic carbocycles. The summed E-state index contributed by atoms with van der Waals surface area (Å²) in [5, 5.41) is 6.64. The van der Waals surface area contributed by atoms with Gasteiger partial charge in [-0.15, -0.1) is 0 Å². The van der Waals surface area contributed by atoms with E-state index in [0.29, 0.717) is 12.0 Å². The van der Waals surface area contributed by atoms with Gasteiger partial charge in [-0.05, 0) is 106 Å². The molecule has 0 radical (unpaired) electrons. The Kier molecular flexibility index (Phi) is 11.9. The van der Waals surface area contributed by atoms with Gasteiger partial charge in [0, 0.05) is 36.9 Å². The van der Waals surface area contributed by atoms with E-state index in [9.17, 15) is 4.79 Å². The van der Waals surface area contributed by atoms with Crippen molar-refractivity contribution in [3.63, 3.8) is 0 Å². The lowest BCUT2D eigenvalue weighted by atomic mass is 9.92. The molecular weight excluding hydrogens is 460 g/mol. The lowest BCUT2D eigenvalue weighted by Crippen LogP contribution is -2.36. The first kappa shape index (κ1) is 29.1. The highest BCUT2D eigenvalue weighted by molar-refractivity contribution is 5.96. The second kappa shape index (κ2) is 15.1. The van der Waals surface area contributed by atoms with Crippen LogP contribution in [0.25, 0.3) is 0 Å². The van der Waals surface area contributed by atoms with Crippen molar-refractivity contribution in [2.24, 2.45) is 16.8 Å². The predicted molar refractivity (Wildman–Crippen MR) is 155 cm³/mol. The van der Waals surface area contributed by atoms with Gasteiger partial charge in [0.1, 0.15) is 5.75 Å². The number of piperidine rings is 1. The van der Waals surface area contributed by atoms with E-state index < -0.39 is 0 Å². The third kappa shape index (κ3) is 9.42. The van der Waals surface area contributed by atoms with E-state index in [2.05, 4.69) is 60.2 Å². The molecule has 1 aromatic rings. The van der Waals surface area contributed by atoms with Crippen LogP contribution in [-0.2, 0) is 0 Å². The van der Waals surface area contributed by atoms with E-state index in [1.807, 2.05) is 31.3 Å². The van der Waals surface area contributed by atoms with E-state index >= 15 is 0 Å². The molecule has 2 aliphatic rings. The molecule has 0 spiro atoms. The Morgan fingerprint density at radius 2 is 2.11 bits per heavy atom. The van der Waals surface area contributed by atoms with Crippen LogP contribution in [0.2, 0.25) is 0 Å². The first-order valence-corrected chi connectivity index (χ1v) is 14.2. The minimum atomic E-state index is 0.0139. The van der Waals surface area contributed by atoms with E-state index in [1.165, 1.54) is 24.8 Å². The number of nitrogens with one attached hydrogen (secondary N) is 2. The molecule has 0 bridgehead atoms. The van der Waals surface area contributed by atoms with Crippen LogP contribution in [0.1, 0.15) is 75.2 Å². The van der Waals surface area contributed by atoms with Crippen LogP contribution in [0.5, 0.6) is 5.75 Å². The fraction of sp³-hybridized carbons (Fsp3) is 0.613. The molecule has 3 rings (SSSR count). The molecule has 0 aromatic heterocycles. The Morgan fingerprint density at radius 3 is 2.76 bits per heavy atom. The average Bonchev–Trinajstić information content (AvgIpc) is 3.34. The van der Waals surface area contributed by atoms with Crippen molar-refractivity contribution in [3.05, 3.63) is 53.3 Å². The van der Waals surface area contributed by atoms with Crippen molar-refractivity contribution < 1.29 is 9.53 Å². The van der Waals surface area contributed by atoms with Gasteiger partial charge in [-0.1, -0.05) is 32.9 Å². The summed E-state index contributed by atoms with van der Waals surface area (Å²) in [6, 6.07) is 6.55. The molecule has 2 N–H and O–H groups in total. The Morgan fingerprint density at radius 1 is 1.32 bits per heavy atom. The van der Waals surface area contributed by atoms with E-state index in [1.54, 1.807) is 0 Å². The van der Waals surface area contributed by atoms with Crippen molar-refractivity contribution >= 4 is 12.6 Å². The smallest absolute Gasteiger partial charge is 0.251 e. The van der Waals surface area contributed by atoms with Gasteiger partial charge >= 0.3 is 0 Å². The molecule has 204 valence electrons. The van der Waals surface area contributed by atoms with Crippen molar-refractivity contribution in [2.75, 3.05) is 32.8 Å². The Hall–Kier alpha value is -2.44. The zero-order valence-electron chi connectivity index (χ0n) is 23.5. The molecule has 1 amide bonds. The first-order chi connectivity index (χ1) is 17.9. The van der Waals surface area contributed by atoms with Crippen molar-refractivity contribution in [2.45, 2.75) is 78.3 Å². The average molecular weight is 509 g/mol. The number of rotatable bonds is 13. The van der Waals surface area contributed by atoms with Crippen molar-refractivity contribution in [3.8, 4) is 5.75 Å². The first-order valence-electron chi connectivity index (χ1n) is 14.2. The molecule has 2 fully saturated rings. The number of hydrogen-bond donors (Lipinski definition) is 2. The van der Waals surface area contributed by atoms with Crippen LogP contribution in [0, 0.1) is 18.8 Å².